The van der Waals surface area contributed by atoms with Crippen LogP contribution in [-0.4, -0.2) is 46.2 Å². The number of hydrogen-bond donors (Lipinski definition) is 3. The van der Waals surface area contributed by atoms with Gasteiger partial charge in [-0.05, 0) is 31.9 Å². The Bertz CT molecular complexity index is 346. The molecule has 1 saturated carbocycles. The van der Waals surface area contributed by atoms with Crippen molar-refractivity contribution in [1.29, 1.82) is 0 Å². The average Bonchev–Trinajstić information content (AvgIpc) is 2.68. The zero-order valence-corrected chi connectivity index (χ0v) is 12.5. The van der Waals surface area contributed by atoms with Crippen molar-refractivity contribution in [1.82, 2.24) is 5.32 Å². The molecule has 19 heavy (non-hydrogen) atoms. The van der Waals surface area contributed by atoms with Gasteiger partial charge in [-0.15, -0.1) is 0 Å². The Morgan fingerprint density at radius 1 is 1.37 bits per heavy atom. The number of carboxylic acids is 1. The summed E-state index contributed by atoms with van der Waals surface area (Å²) in [4.78, 5) is 23.2. The predicted molar refractivity (Wildman–Crippen MR) is 75.0 cm³/mol. The fourth-order valence-electron chi connectivity index (χ4n) is 2.63. The van der Waals surface area contributed by atoms with Crippen molar-refractivity contribution in [2.45, 2.75) is 32.3 Å². The monoisotopic (exact) mass is 289 g/mol. The van der Waals surface area contributed by atoms with Crippen LogP contribution in [0.4, 0.5) is 0 Å². The molecule has 4 unspecified atom stereocenters. The van der Waals surface area contributed by atoms with Gasteiger partial charge in [0.25, 0.3) is 0 Å². The number of carbonyl (C=O) groups is 2. The van der Waals surface area contributed by atoms with E-state index in [9.17, 15) is 14.7 Å². The standard InChI is InChI=1S/C13H23NO4S/c1-8-4-9(10(5-8)12(16)17)11(15)14-6-13(2,18)7-19-3/h8-10,18H,4-7H2,1-3H3,(H,14,15)(H,16,17). The second kappa shape index (κ2) is 6.61. The third kappa shape index (κ3) is 4.69. The van der Waals surface area contributed by atoms with Crippen molar-refractivity contribution in [3.05, 3.63) is 0 Å². The molecule has 0 radical (unpaired) electrons. The highest BCUT2D eigenvalue weighted by Crippen LogP contribution is 2.36. The van der Waals surface area contributed by atoms with E-state index in [0.29, 0.717) is 18.6 Å². The van der Waals surface area contributed by atoms with E-state index in [0.717, 1.165) is 0 Å². The van der Waals surface area contributed by atoms with E-state index in [4.69, 9.17) is 5.11 Å². The molecule has 0 heterocycles. The topological polar surface area (TPSA) is 86.6 Å². The van der Waals surface area contributed by atoms with Crippen LogP contribution in [0, 0.1) is 17.8 Å². The molecular formula is C13H23NO4S. The summed E-state index contributed by atoms with van der Waals surface area (Å²) in [5, 5.41) is 21.8. The third-order valence-corrected chi connectivity index (χ3v) is 4.46. The Morgan fingerprint density at radius 3 is 2.47 bits per heavy atom. The smallest absolute Gasteiger partial charge is 0.307 e. The van der Waals surface area contributed by atoms with Crippen LogP contribution >= 0.6 is 11.8 Å². The number of thioether (sulfide) groups is 1. The Hall–Kier alpha value is -0.750. The van der Waals surface area contributed by atoms with Gasteiger partial charge in [-0.2, -0.15) is 11.8 Å². The fraction of sp³-hybridized carbons (Fsp3) is 0.846. The highest BCUT2D eigenvalue weighted by atomic mass is 32.2. The number of nitrogens with one attached hydrogen (secondary N) is 1. The lowest BCUT2D eigenvalue weighted by atomic mass is 9.95. The largest absolute Gasteiger partial charge is 0.481 e. The van der Waals surface area contributed by atoms with Gasteiger partial charge in [0.05, 0.1) is 17.4 Å². The molecule has 1 aliphatic rings. The highest BCUT2D eigenvalue weighted by molar-refractivity contribution is 7.98. The van der Waals surface area contributed by atoms with Gasteiger partial charge in [-0.25, -0.2) is 0 Å². The van der Waals surface area contributed by atoms with Crippen molar-refractivity contribution in [2.75, 3.05) is 18.6 Å². The van der Waals surface area contributed by atoms with E-state index in [2.05, 4.69) is 5.32 Å². The molecule has 0 saturated heterocycles. The summed E-state index contributed by atoms with van der Waals surface area (Å²) >= 11 is 1.50. The first-order chi connectivity index (χ1) is 8.76. The van der Waals surface area contributed by atoms with E-state index in [1.54, 1.807) is 6.92 Å². The number of aliphatic carboxylic acids is 1. The van der Waals surface area contributed by atoms with Crippen LogP contribution in [0.25, 0.3) is 0 Å². The molecule has 110 valence electrons. The summed E-state index contributed by atoms with van der Waals surface area (Å²) in [6.45, 7) is 3.78. The Balaban J connectivity index is 2.55. The summed E-state index contributed by atoms with van der Waals surface area (Å²) in [5.74, 6) is -1.45. The van der Waals surface area contributed by atoms with Crippen LogP contribution in [0.2, 0.25) is 0 Å². The van der Waals surface area contributed by atoms with Gasteiger partial charge in [0, 0.05) is 12.3 Å². The number of hydrogen-bond acceptors (Lipinski definition) is 4. The molecular weight excluding hydrogens is 266 g/mol. The molecule has 6 heteroatoms. The van der Waals surface area contributed by atoms with Gasteiger partial charge in [0.1, 0.15) is 0 Å². The second-order valence-electron chi connectivity index (χ2n) is 5.78. The van der Waals surface area contributed by atoms with E-state index >= 15 is 0 Å². The average molecular weight is 289 g/mol. The Morgan fingerprint density at radius 2 is 1.95 bits per heavy atom. The number of rotatable bonds is 6. The van der Waals surface area contributed by atoms with Crippen molar-refractivity contribution >= 4 is 23.6 Å². The van der Waals surface area contributed by atoms with Gasteiger partial charge >= 0.3 is 5.97 Å². The first kappa shape index (κ1) is 16.3. The lowest BCUT2D eigenvalue weighted by molar-refractivity contribution is -0.146. The van der Waals surface area contributed by atoms with Crippen LogP contribution < -0.4 is 5.32 Å². The zero-order valence-electron chi connectivity index (χ0n) is 11.7. The maximum Gasteiger partial charge on any atom is 0.307 e. The van der Waals surface area contributed by atoms with Gasteiger partial charge in [-0.1, -0.05) is 6.92 Å². The third-order valence-electron chi connectivity index (χ3n) is 3.55. The minimum Gasteiger partial charge on any atom is -0.481 e. The minimum absolute atomic E-state index is 0.157. The summed E-state index contributed by atoms with van der Waals surface area (Å²) in [6, 6.07) is 0. The maximum absolute atomic E-state index is 12.1. The molecule has 0 aliphatic heterocycles. The van der Waals surface area contributed by atoms with Crippen molar-refractivity contribution in [3.8, 4) is 0 Å². The molecule has 1 aliphatic carbocycles. The molecule has 0 aromatic rings. The van der Waals surface area contributed by atoms with Gasteiger partial charge in [0.2, 0.25) is 5.91 Å². The molecule has 0 aromatic heterocycles. The van der Waals surface area contributed by atoms with E-state index < -0.39 is 23.4 Å². The van der Waals surface area contributed by atoms with E-state index in [1.165, 1.54) is 11.8 Å². The van der Waals surface area contributed by atoms with Crippen LogP contribution in [0.1, 0.15) is 26.7 Å². The number of carboxylic acid groups (broad SMARTS) is 1. The molecule has 0 spiro atoms. The molecule has 0 aromatic carbocycles. The van der Waals surface area contributed by atoms with Crippen LogP contribution in [0.5, 0.6) is 0 Å². The van der Waals surface area contributed by atoms with Crippen LogP contribution in [-0.2, 0) is 9.59 Å². The van der Waals surface area contributed by atoms with E-state index in [1.807, 2.05) is 13.2 Å². The van der Waals surface area contributed by atoms with Gasteiger partial charge in [0.15, 0.2) is 0 Å². The molecule has 5 nitrogen and oxygen atoms in total. The predicted octanol–water partition coefficient (Wildman–Crippen LogP) is 0.963. The Kier molecular flexibility index (Phi) is 5.67. The van der Waals surface area contributed by atoms with Gasteiger partial charge < -0.3 is 15.5 Å². The summed E-state index contributed by atoms with van der Waals surface area (Å²) in [7, 11) is 0. The fourth-order valence-corrected chi connectivity index (χ4v) is 3.35. The second-order valence-corrected chi connectivity index (χ2v) is 6.64. The lowest BCUT2D eigenvalue weighted by Crippen LogP contribution is -2.45. The quantitative estimate of drug-likeness (QED) is 0.678. The van der Waals surface area contributed by atoms with Crippen molar-refractivity contribution in [3.63, 3.8) is 0 Å². The lowest BCUT2D eigenvalue weighted by Gasteiger charge is -2.24. The first-order valence-electron chi connectivity index (χ1n) is 6.48. The number of amides is 1. The van der Waals surface area contributed by atoms with E-state index in [-0.39, 0.29) is 18.4 Å². The molecule has 1 fully saturated rings. The van der Waals surface area contributed by atoms with Crippen LogP contribution in [0.15, 0.2) is 0 Å². The molecule has 1 rings (SSSR count). The summed E-state index contributed by atoms with van der Waals surface area (Å²) in [5.41, 5.74) is -0.960. The number of carbonyl (C=O) groups excluding carboxylic acids is 1. The molecule has 4 atom stereocenters. The van der Waals surface area contributed by atoms with Crippen LogP contribution in [0.3, 0.4) is 0 Å². The SMILES string of the molecule is CSCC(C)(O)CNC(=O)C1CC(C)CC1C(=O)O. The summed E-state index contributed by atoms with van der Waals surface area (Å²) in [6.07, 6.45) is 3.04. The number of aliphatic hydroxyl groups is 1. The minimum atomic E-state index is -0.960. The zero-order chi connectivity index (χ0) is 14.6. The normalized spacial score (nSPS) is 29.8. The summed E-state index contributed by atoms with van der Waals surface area (Å²) < 4.78 is 0. The molecule has 1 amide bonds. The maximum atomic E-state index is 12.1. The van der Waals surface area contributed by atoms with Crippen molar-refractivity contribution < 1.29 is 19.8 Å². The van der Waals surface area contributed by atoms with Gasteiger partial charge in [-0.3, -0.25) is 9.59 Å². The molecule has 0 bridgehead atoms. The Labute approximate surface area is 118 Å². The van der Waals surface area contributed by atoms with Crippen molar-refractivity contribution in [2.24, 2.45) is 17.8 Å². The highest BCUT2D eigenvalue weighted by Gasteiger charge is 2.41. The molecule has 3 N–H and O–H groups in total. The first-order valence-corrected chi connectivity index (χ1v) is 7.88.